The molecule has 0 saturated heterocycles. The summed E-state index contributed by atoms with van der Waals surface area (Å²) in [5.41, 5.74) is 0.817. The number of nitrogens with one attached hydrogen (secondary N) is 1. The van der Waals surface area contributed by atoms with E-state index in [1.807, 2.05) is 28.8 Å². The van der Waals surface area contributed by atoms with Crippen LogP contribution >= 0.6 is 11.6 Å². The summed E-state index contributed by atoms with van der Waals surface area (Å²) in [5.74, 6) is 1.64. The van der Waals surface area contributed by atoms with E-state index < -0.39 is 0 Å². The summed E-state index contributed by atoms with van der Waals surface area (Å²) in [4.78, 5) is 8.36. The van der Waals surface area contributed by atoms with Crippen molar-refractivity contribution in [2.45, 2.75) is 19.9 Å². The van der Waals surface area contributed by atoms with Crippen LogP contribution in [0, 0.1) is 5.92 Å². The molecule has 6 nitrogen and oxygen atoms in total. The van der Waals surface area contributed by atoms with Crippen molar-refractivity contribution < 1.29 is 0 Å². The van der Waals surface area contributed by atoms with Crippen LogP contribution in [0.3, 0.4) is 0 Å². The second-order valence-electron chi connectivity index (χ2n) is 5.08. The van der Waals surface area contributed by atoms with Gasteiger partial charge in [0, 0.05) is 6.20 Å². The summed E-state index contributed by atoms with van der Waals surface area (Å²) < 4.78 is 1.97. The lowest BCUT2D eigenvalue weighted by Gasteiger charge is -2.20. The average Bonchev–Trinajstić information content (AvgIpc) is 2.90. The minimum absolute atomic E-state index is 0.0522. The molecule has 1 atom stereocenters. The van der Waals surface area contributed by atoms with Gasteiger partial charge in [0.15, 0.2) is 11.5 Å². The molecule has 0 amide bonds. The van der Waals surface area contributed by atoms with E-state index in [0.29, 0.717) is 11.0 Å². The van der Waals surface area contributed by atoms with E-state index >= 15 is 0 Å². The predicted molar refractivity (Wildman–Crippen MR) is 81.2 cm³/mol. The predicted octanol–water partition coefficient (Wildman–Crippen LogP) is 2.98. The molecule has 21 heavy (non-hydrogen) atoms. The van der Waals surface area contributed by atoms with Crippen molar-refractivity contribution in [3.63, 3.8) is 0 Å². The van der Waals surface area contributed by atoms with Gasteiger partial charge in [-0.05, 0) is 18.1 Å². The molecule has 3 aromatic heterocycles. The third-order valence-corrected chi connectivity index (χ3v) is 3.39. The first-order valence-electron chi connectivity index (χ1n) is 6.69. The molecule has 0 saturated carbocycles. The molecule has 1 N–H and O–H groups in total. The molecule has 3 heterocycles. The maximum atomic E-state index is 5.81. The Labute approximate surface area is 127 Å². The number of anilines is 1. The van der Waals surface area contributed by atoms with Gasteiger partial charge in [0.05, 0.1) is 23.5 Å². The standard InChI is InChI=1S/C14H15ClN6/c1-9(2)12(18-14-16-7-10(15)8-17-14)13-20-19-11-5-3-4-6-21(11)13/h3-9,12H,1-2H3,(H,16,17,18)/t12-/m1/s1. The van der Waals surface area contributed by atoms with E-state index in [0.717, 1.165) is 11.5 Å². The third-order valence-electron chi connectivity index (χ3n) is 3.19. The van der Waals surface area contributed by atoms with Crippen molar-refractivity contribution in [3.8, 4) is 0 Å². The van der Waals surface area contributed by atoms with Gasteiger partial charge in [0.2, 0.25) is 5.95 Å². The van der Waals surface area contributed by atoms with Gasteiger partial charge in [0.25, 0.3) is 0 Å². The van der Waals surface area contributed by atoms with Gasteiger partial charge >= 0.3 is 0 Å². The number of hydrogen-bond acceptors (Lipinski definition) is 5. The molecule has 0 aliphatic carbocycles. The van der Waals surface area contributed by atoms with Crippen LogP contribution in [0.4, 0.5) is 5.95 Å². The van der Waals surface area contributed by atoms with Crippen molar-refractivity contribution in [1.82, 2.24) is 24.6 Å². The topological polar surface area (TPSA) is 68.0 Å². The van der Waals surface area contributed by atoms with E-state index in [1.165, 1.54) is 0 Å². The smallest absolute Gasteiger partial charge is 0.223 e. The summed E-state index contributed by atoms with van der Waals surface area (Å²) >= 11 is 5.81. The van der Waals surface area contributed by atoms with E-state index in [9.17, 15) is 0 Å². The monoisotopic (exact) mass is 302 g/mol. The average molecular weight is 303 g/mol. The van der Waals surface area contributed by atoms with Crippen LogP contribution in [0.15, 0.2) is 36.8 Å². The van der Waals surface area contributed by atoms with Gasteiger partial charge < -0.3 is 5.32 Å². The highest BCUT2D eigenvalue weighted by Gasteiger charge is 2.22. The zero-order valence-corrected chi connectivity index (χ0v) is 12.5. The lowest BCUT2D eigenvalue weighted by atomic mass is 10.0. The first-order valence-corrected chi connectivity index (χ1v) is 7.06. The first kappa shape index (κ1) is 13.8. The van der Waals surface area contributed by atoms with Crippen molar-refractivity contribution in [2.24, 2.45) is 5.92 Å². The molecule has 0 bridgehead atoms. The zero-order valence-electron chi connectivity index (χ0n) is 11.7. The summed E-state index contributed by atoms with van der Waals surface area (Å²) in [5, 5.41) is 12.3. The molecule has 0 fully saturated rings. The quantitative estimate of drug-likeness (QED) is 0.802. The summed E-state index contributed by atoms with van der Waals surface area (Å²) in [6, 6.07) is 5.76. The molecule has 0 radical (unpaired) electrons. The van der Waals surface area contributed by atoms with Crippen LogP contribution < -0.4 is 5.32 Å². The summed E-state index contributed by atoms with van der Waals surface area (Å²) in [7, 11) is 0. The molecule has 0 unspecified atom stereocenters. The fourth-order valence-electron chi connectivity index (χ4n) is 2.13. The number of halogens is 1. The van der Waals surface area contributed by atoms with Gasteiger partial charge in [-0.2, -0.15) is 0 Å². The number of nitrogens with zero attached hydrogens (tertiary/aromatic N) is 5. The van der Waals surface area contributed by atoms with Gasteiger partial charge in [0.1, 0.15) is 0 Å². The minimum Gasteiger partial charge on any atom is -0.344 e. The molecule has 3 rings (SSSR count). The maximum Gasteiger partial charge on any atom is 0.223 e. The molecule has 0 aliphatic rings. The Morgan fingerprint density at radius 1 is 1.14 bits per heavy atom. The summed E-state index contributed by atoms with van der Waals surface area (Å²) in [6.45, 7) is 4.22. The van der Waals surface area contributed by atoms with E-state index in [4.69, 9.17) is 11.6 Å². The van der Waals surface area contributed by atoms with Crippen LogP contribution in [0.5, 0.6) is 0 Å². The Morgan fingerprint density at radius 2 is 1.90 bits per heavy atom. The SMILES string of the molecule is CC(C)[C@@H](Nc1ncc(Cl)cn1)c1nnc2ccccn12. The second-order valence-corrected chi connectivity index (χ2v) is 5.51. The second kappa shape index (κ2) is 5.65. The van der Waals surface area contributed by atoms with Crippen LogP contribution in [0.25, 0.3) is 5.65 Å². The fraction of sp³-hybridized carbons (Fsp3) is 0.286. The third kappa shape index (κ3) is 2.80. The molecule has 0 aromatic carbocycles. The number of hydrogen-bond donors (Lipinski definition) is 1. The van der Waals surface area contributed by atoms with Crippen molar-refractivity contribution in [2.75, 3.05) is 5.32 Å². The number of pyridine rings is 1. The summed E-state index contributed by atoms with van der Waals surface area (Å²) in [6.07, 6.45) is 5.08. The number of rotatable bonds is 4. The van der Waals surface area contributed by atoms with Crippen LogP contribution in [-0.2, 0) is 0 Å². The van der Waals surface area contributed by atoms with Crippen LogP contribution in [0.2, 0.25) is 5.02 Å². The maximum absolute atomic E-state index is 5.81. The fourth-order valence-corrected chi connectivity index (χ4v) is 2.22. The van der Waals surface area contributed by atoms with Gasteiger partial charge in [-0.1, -0.05) is 31.5 Å². The molecular weight excluding hydrogens is 288 g/mol. The van der Waals surface area contributed by atoms with Crippen molar-refractivity contribution in [3.05, 3.63) is 47.6 Å². The molecule has 7 heteroatoms. The van der Waals surface area contributed by atoms with Gasteiger partial charge in [-0.25, -0.2) is 9.97 Å². The Kier molecular flexibility index (Phi) is 3.70. The van der Waals surface area contributed by atoms with E-state index in [2.05, 4.69) is 39.3 Å². The molecule has 0 aliphatic heterocycles. The molecular formula is C14H15ClN6. The van der Waals surface area contributed by atoms with Crippen LogP contribution in [0.1, 0.15) is 25.7 Å². The van der Waals surface area contributed by atoms with Gasteiger partial charge in [-0.3, -0.25) is 4.40 Å². The highest BCUT2D eigenvalue weighted by Crippen LogP contribution is 2.24. The lowest BCUT2D eigenvalue weighted by molar-refractivity contribution is 0.514. The van der Waals surface area contributed by atoms with Crippen LogP contribution in [-0.4, -0.2) is 24.6 Å². The normalized spacial score (nSPS) is 12.8. The Hall–Kier alpha value is -2.21. The Balaban J connectivity index is 1.96. The first-order chi connectivity index (χ1) is 10.1. The molecule has 108 valence electrons. The Bertz CT molecular complexity index is 737. The number of aromatic nitrogens is 5. The van der Waals surface area contributed by atoms with Gasteiger partial charge in [-0.15, -0.1) is 10.2 Å². The Morgan fingerprint density at radius 3 is 2.62 bits per heavy atom. The molecule has 3 aromatic rings. The highest BCUT2D eigenvalue weighted by atomic mass is 35.5. The van der Waals surface area contributed by atoms with Crippen molar-refractivity contribution >= 4 is 23.2 Å². The van der Waals surface area contributed by atoms with E-state index in [1.54, 1.807) is 12.4 Å². The number of fused-ring (bicyclic) bond motifs is 1. The largest absolute Gasteiger partial charge is 0.344 e. The molecule has 0 spiro atoms. The zero-order chi connectivity index (χ0) is 14.8. The van der Waals surface area contributed by atoms with Crippen molar-refractivity contribution in [1.29, 1.82) is 0 Å². The highest BCUT2D eigenvalue weighted by molar-refractivity contribution is 6.30. The minimum atomic E-state index is -0.0522. The lowest BCUT2D eigenvalue weighted by Crippen LogP contribution is -2.21. The van der Waals surface area contributed by atoms with E-state index in [-0.39, 0.29) is 12.0 Å².